The Balaban J connectivity index is 1.51. The lowest BCUT2D eigenvalue weighted by Crippen LogP contribution is -2.20. The number of urea groups is 1. The second kappa shape index (κ2) is 8.33. The summed E-state index contributed by atoms with van der Waals surface area (Å²) < 4.78 is 18.7. The largest absolute Gasteiger partial charge is 0.384 e. The standard InChI is InChI=1S/C25H29N5O3S/c1-25(2,32)21-15-22(28-30(21)18-10-4-3-5-11-18)34(26,33)29-24(31)27-23-19-12-6-8-16(19)14-17-9-7-13-20(17)23/h3-5,10-11,14-15,32H,6-9,12-13H2,1-2H3,(H3,26,27,29,31,33). The Morgan fingerprint density at radius 1 is 1.09 bits per heavy atom. The number of aliphatic hydroxyl groups is 1. The first kappa shape index (κ1) is 22.8. The van der Waals surface area contributed by atoms with Gasteiger partial charge in [0.1, 0.15) is 5.60 Å². The van der Waals surface area contributed by atoms with Crippen LogP contribution in [-0.2, 0) is 41.2 Å². The number of amides is 2. The molecular formula is C25H29N5O3S. The molecular weight excluding hydrogens is 450 g/mol. The summed E-state index contributed by atoms with van der Waals surface area (Å²) in [6, 6.07) is 12.1. The Morgan fingerprint density at radius 3 is 2.29 bits per heavy atom. The fourth-order valence-electron chi connectivity index (χ4n) is 4.97. The zero-order chi connectivity index (χ0) is 24.1. The predicted octanol–water partition coefficient (Wildman–Crippen LogP) is 4.01. The summed E-state index contributed by atoms with van der Waals surface area (Å²) in [7, 11) is -3.66. The van der Waals surface area contributed by atoms with E-state index < -0.39 is 21.5 Å². The first-order chi connectivity index (χ1) is 16.1. The van der Waals surface area contributed by atoms with Crippen LogP contribution < -0.4 is 10.5 Å². The molecule has 2 aromatic carbocycles. The van der Waals surface area contributed by atoms with Crippen molar-refractivity contribution >= 4 is 21.6 Å². The maximum absolute atomic E-state index is 13.4. The van der Waals surface area contributed by atoms with Crippen LogP contribution in [0.3, 0.4) is 0 Å². The molecule has 178 valence electrons. The number of aryl methyl sites for hydroxylation is 2. The summed E-state index contributed by atoms with van der Waals surface area (Å²) in [6.07, 6.45) is 5.95. The van der Waals surface area contributed by atoms with Gasteiger partial charge >= 0.3 is 6.03 Å². The molecule has 0 bridgehead atoms. The predicted molar refractivity (Wildman–Crippen MR) is 131 cm³/mol. The second-order valence-corrected chi connectivity index (χ2v) is 11.2. The number of carbonyl (C=O) groups excluding carboxylic acids is 1. The number of nitrogens with zero attached hydrogens (tertiary/aromatic N) is 3. The van der Waals surface area contributed by atoms with Crippen molar-refractivity contribution in [2.75, 3.05) is 5.32 Å². The minimum atomic E-state index is -3.66. The van der Waals surface area contributed by atoms with Crippen LogP contribution in [-0.4, -0.2) is 25.1 Å². The lowest BCUT2D eigenvalue weighted by Gasteiger charge is -2.18. The highest BCUT2D eigenvalue weighted by molar-refractivity contribution is 7.91. The Labute approximate surface area is 199 Å². The van der Waals surface area contributed by atoms with Gasteiger partial charge in [0, 0.05) is 11.8 Å². The molecule has 4 N–H and O–H groups in total. The van der Waals surface area contributed by atoms with Crippen molar-refractivity contribution < 1.29 is 14.1 Å². The average Bonchev–Trinajstić information content (AvgIpc) is 3.52. The Hall–Kier alpha value is -3.01. The molecule has 0 fully saturated rings. The zero-order valence-corrected chi connectivity index (χ0v) is 20.2. The monoisotopic (exact) mass is 479 g/mol. The third-order valence-electron chi connectivity index (χ3n) is 6.54. The highest BCUT2D eigenvalue weighted by atomic mass is 32.2. The van der Waals surface area contributed by atoms with Gasteiger partial charge in [0.15, 0.2) is 14.9 Å². The van der Waals surface area contributed by atoms with E-state index in [1.165, 1.54) is 21.9 Å². The van der Waals surface area contributed by atoms with Crippen LogP contribution >= 0.6 is 0 Å². The van der Waals surface area contributed by atoms with E-state index in [-0.39, 0.29) is 5.03 Å². The van der Waals surface area contributed by atoms with E-state index in [9.17, 15) is 14.1 Å². The minimum absolute atomic E-state index is 0.0628. The van der Waals surface area contributed by atoms with Crippen molar-refractivity contribution in [3.05, 3.63) is 70.4 Å². The number of hydrogen-bond acceptors (Lipinski definition) is 4. The number of nitrogens with two attached hydrogens (primary N) is 1. The van der Waals surface area contributed by atoms with Crippen LogP contribution in [0.25, 0.3) is 5.69 Å². The number of aromatic nitrogens is 2. The van der Waals surface area contributed by atoms with Crippen molar-refractivity contribution in [3.63, 3.8) is 0 Å². The zero-order valence-electron chi connectivity index (χ0n) is 19.4. The maximum atomic E-state index is 13.4. The topological polar surface area (TPSA) is 123 Å². The number of anilines is 1. The van der Waals surface area contributed by atoms with Crippen LogP contribution in [0.5, 0.6) is 0 Å². The van der Waals surface area contributed by atoms with E-state index in [0.717, 1.165) is 55.3 Å². The molecule has 2 aliphatic carbocycles. The summed E-state index contributed by atoms with van der Waals surface area (Å²) in [4.78, 5) is 12.9. The van der Waals surface area contributed by atoms with Gasteiger partial charge in [-0.2, -0.15) is 5.10 Å². The normalized spacial score (nSPS) is 16.6. The van der Waals surface area contributed by atoms with Gasteiger partial charge in [-0.25, -0.2) is 18.8 Å². The lowest BCUT2D eigenvalue weighted by molar-refractivity contribution is 0.0711. The van der Waals surface area contributed by atoms with Crippen LogP contribution in [0.2, 0.25) is 0 Å². The average molecular weight is 480 g/mol. The quantitative estimate of drug-likeness (QED) is 0.523. The van der Waals surface area contributed by atoms with E-state index in [0.29, 0.717) is 11.4 Å². The summed E-state index contributed by atoms with van der Waals surface area (Å²) in [6.45, 7) is 3.21. The molecule has 1 heterocycles. The van der Waals surface area contributed by atoms with E-state index in [4.69, 9.17) is 5.14 Å². The van der Waals surface area contributed by atoms with Gasteiger partial charge in [-0.1, -0.05) is 24.3 Å². The van der Waals surface area contributed by atoms with Gasteiger partial charge in [0.25, 0.3) is 0 Å². The molecule has 1 aromatic heterocycles. The van der Waals surface area contributed by atoms with E-state index in [1.54, 1.807) is 13.8 Å². The van der Waals surface area contributed by atoms with Crippen molar-refractivity contribution in [2.45, 2.75) is 63.0 Å². The molecule has 2 aliphatic rings. The van der Waals surface area contributed by atoms with Gasteiger partial charge in [-0.05, 0) is 86.8 Å². The van der Waals surface area contributed by atoms with E-state index in [2.05, 4.69) is 20.8 Å². The highest BCUT2D eigenvalue weighted by Gasteiger charge is 2.28. The van der Waals surface area contributed by atoms with Crippen molar-refractivity contribution in [1.82, 2.24) is 9.78 Å². The van der Waals surface area contributed by atoms with Crippen LogP contribution in [0.15, 0.2) is 51.9 Å². The Bertz CT molecular complexity index is 1360. The fourth-order valence-corrected chi connectivity index (χ4v) is 5.84. The lowest BCUT2D eigenvalue weighted by atomic mass is 9.99. The van der Waals surface area contributed by atoms with Gasteiger partial charge in [-0.15, -0.1) is 4.36 Å². The van der Waals surface area contributed by atoms with Crippen LogP contribution in [0.4, 0.5) is 10.5 Å². The number of fused-ring (bicyclic) bond motifs is 2. The Kier molecular flexibility index (Phi) is 5.58. The van der Waals surface area contributed by atoms with Gasteiger partial charge in [-0.3, -0.25) is 0 Å². The number of carbonyl (C=O) groups is 1. The summed E-state index contributed by atoms with van der Waals surface area (Å²) in [5.41, 5.74) is 5.46. The second-order valence-electron chi connectivity index (χ2n) is 9.50. The summed E-state index contributed by atoms with van der Waals surface area (Å²) in [5.74, 6) is 0. The molecule has 0 saturated heterocycles. The third kappa shape index (κ3) is 4.15. The maximum Gasteiger partial charge on any atom is 0.354 e. The first-order valence-corrected chi connectivity index (χ1v) is 13.1. The molecule has 9 heteroatoms. The molecule has 2 amide bonds. The fraction of sp³-hybridized carbons (Fsp3) is 0.360. The first-order valence-electron chi connectivity index (χ1n) is 11.5. The molecule has 0 radical (unpaired) electrons. The SMILES string of the molecule is CC(C)(O)c1cc(S(N)(=O)=NC(=O)Nc2c3c(cc4c2CCC4)CCC3)nn1-c1ccccc1. The van der Waals surface area contributed by atoms with Crippen molar-refractivity contribution in [2.24, 2.45) is 9.50 Å². The van der Waals surface area contributed by atoms with Crippen molar-refractivity contribution in [1.29, 1.82) is 0 Å². The summed E-state index contributed by atoms with van der Waals surface area (Å²) in [5, 5.41) is 23.9. The minimum Gasteiger partial charge on any atom is -0.384 e. The molecule has 1 unspecified atom stereocenters. The number of para-hydroxylation sites is 1. The van der Waals surface area contributed by atoms with Crippen LogP contribution in [0, 0.1) is 0 Å². The van der Waals surface area contributed by atoms with Gasteiger partial charge < -0.3 is 10.4 Å². The Morgan fingerprint density at radius 2 is 1.71 bits per heavy atom. The van der Waals surface area contributed by atoms with Gasteiger partial charge in [0.2, 0.25) is 0 Å². The number of hydrogen-bond donors (Lipinski definition) is 3. The molecule has 1 atom stereocenters. The molecule has 0 saturated carbocycles. The van der Waals surface area contributed by atoms with Crippen LogP contribution in [0.1, 0.15) is 54.6 Å². The molecule has 8 nitrogen and oxygen atoms in total. The van der Waals surface area contributed by atoms with E-state index in [1.807, 2.05) is 30.3 Å². The molecule has 3 aromatic rings. The molecule has 34 heavy (non-hydrogen) atoms. The molecule has 0 spiro atoms. The number of nitrogens with one attached hydrogen (secondary N) is 1. The number of benzene rings is 2. The van der Waals surface area contributed by atoms with Gasteiger partial charge in [0.05, 0.1) is 11.4 Å². The van der Waals surface area contributed by atoms with E-state index >= 15 is 0 Å². The van der Waals surface area contributed by atoms with Crippen molar-refractivity contribution in [3.8, 4) is 5.69 Å². The third-order valence-corrected chi connectivity index (χ3v) is 7.77. The highest BCUT2D eigenvalue weighted by Crippen LogP contribution is 2.38. The molecule has 0 aliphatic heterocycles. The smallest absolute Gasteiger partial charge is 0.354 e. The molecule has 5 rings (SSSR count). The summed E-state index contributed by atoms with van der Waals surface area (Å²) >= 11 is 0. The number of rotatable bonds is 4.